The third-order valence-electron chi connectivity index (χ3n) is 12.5. The van der Waals surface area contributed by atoms with Gasteiger partial charge in [-0.1, -0.05) is 153 Å². The summed E-state index contributed by atoms with van der Waals surface area (Å²) in [5.41, 5.74) is 16.9. The molecule has 0 atom stereocenters. The van der Waals surface area contributed by atoms with E-state index in [1.54, 1.807) is 11.3 Å². The Morgan fingerprint density at radius 1 is 0.483 bits per heavy atom. The molecule has 0 radical (unpaired) electrons. The minimum Gasteiger partial charge on any atom is -0.455 e. The molecule has 0 aliphatic heterocycles. The van der Waals surface area contributed by atoms with Gasteiger partial charge in [0.05, 0.1) is 15.9 Å². The highest BCUT2D eigenvalue weighted by molar-refractivity contribution is 7.21. The van der Waals surface area contributed by atoms with E-state index in [0.717, 1.165) is 81.7 Å². The first-order chi connectivity index (χ1) is 29.5. The Morgan fingerprint density at radius 2 is 1.17 bits per heavy atom. The van der Waals surface area contributed by atoms with E-state index >= 15 is 0 Å². The highest BCUT2D eigenvalue weighted by atomic mass is 32.1. The van der Waals surface area contributed by atoms with Crippen LogP contribution in [-0.2, 0) is 5.41 Å². The molecule has 0 saturated carbocycles. The largest absolute Gasteiger partial charge is 0.455 e. The average Bonchev–Trinajstić information content (AvgIpc) is 3.97. The molecule has 1 aliphatic carbocycles. The first kappa shape index (κ1) is 34.7. The summed E-state index contributed by atoms with van der Waals surface area (Å²) in [4.78, 5) is 7.52. The molecule has 284 valence electrons. The van der Waals surface area contributed by atoms with E-state index in [1.165, 1.54) is 33.4 Å². The number of aromatic nitrogens is 1. The van der Waals surface area contributed by atoms with Crippen LogP contribution in [0.15, 0.2) is 199 Å². The molecule has 1 aliphatic rings. The lowest BCUT2D eigenvalue weighted by atomic mass is 9.82. The smallest absolute Gasteiger partial charge is 0.143 e. The second-order valence-electron chi connectivity index (χ2n) is 16.3. The lowest BCUT2D eigenvalue weighted by Gasteiger charge is -2.30. The van der Waals surface area contributed by atoms with E-state index in [2.05, 4.69) is 213 Å². The molecule has 12 rings (SSSR count). The van der Waals surface area contributed by atoms with Crippen molar-refractivity contribution in [1.29, 1.82) is 0 Å². The molecule has 60 heavy (non-hydrogen) atoms. The van der Waals surface area contributed by atoms with Gasteiger partial charge in [0.2, 0.25) is 0 Å². The fraction of sp³-hybridized carbons (Fsp3) is 0.0536. The molecule has 0 amide bonds. The van der Waals surface area contributed by atoms with E-state index in [-0.39, 0.29) is 5.41 Å². The lowest BCUT2D eigenvalue weighted by Crippen LogP contribution is -2.17. The van der Waals surface area contributed by atoms with Gasteiger partial charge in [0, 0.05) is 44.1 Å². The average molecular weight is 787 g/mol. The number of nitrogens with zero attached hydrogens (tertiary/aromatic N) is 2. The molecule has 0 saturated heterocycles. The van der Waals surface area contributed by atoms with Gasteiger partial charge >= 0.3 is 0 Å². The minimum atomic E-state index is -0.160. The zero-order valence-corrected chi connectivity index (χ0v) is 34.0. The number of hydrogen-bond donors (Lipinski definition) is 0. The fourth-order valence-electron chi connectivity index (χ4n) is 9.44. The molecule has 0 fully saturated rings. The molecule has 11 aromatic rings. The van der Waals surface area contributed by atoms with Crippen LogP contribution < -0.4 is 4.90 Å². The van der Waals surface area contributed by atoms with Crippen LogP contribution in [0.25, 0.3) is 86.9 Å². The number of rotatable bonds is 6. The van der Waals surface area contributed by atoms with Crippen LogP contribution in [0.2, 0.25) is 0 Å². The normalized spacial score (nSPS) is 13.0. The molecular weight excluding hydrogens is 749 g/mol. The van der Waals surface area contributed by atoms with Crippen molar-refractivity contribution in [3.63, 3.8) is 0 Å². The molecule has 0 N–H and O–H groups in total. The van der Waals surface area contributed by atoms with Gasteiger partial charge in [0.1, 0.15) is 16.2 Å². The number of anilines is 3. The monoisotopic (exact) mass is 786 g/mol. The van der Waals surface area contributed by atoms with Crippen molar-refractivity contribution in [2.75, 3.05) is 4.90 Å². The zero-order valence-electron chi connectivity index (χ0n) is 33.2. The predicted octanol–water partition coefficient (Wildman–Crippen LogP) is 16.1. The second-order valence-corrected chi connectivity index (χ2v) is 17.4. The van der Waals surface area contributed by atoms with E-state index in [0.29, 0.717) is 0 Å². The van der Waals surface area contributed by atoms with Gasteiger partial charge in [0.15, 0.2) is 0 Å². The molecule has 2 aromatic heterocycles. The van der Waals surface area contributed by atoms with Crippen LogP contribution in [0.4, 0.5) is 17.1 Å². The molecule has 0 bridgehead atoms. The van der Waals surface area contributed by atoms with Crippen molar-refractivity contribution in [3.8, 4) is 44.0 Å². The van der Waals surface area contributed by atoms with Crippen molar-refractivity contribution in [2.24, 2.45) is 0 Å². The van der Waals surface area contributed by atoms with Crippen LogP contribution in [0.5, 0.6) is 0 Å². The van der Waals surface area contributed by atoms with Crippen molar-refractivity contribution in [2.45, 2.75) is 19.3 Å². The first-order valence-electron chi connectivity index (χ1n) is 20.5. The third-order valence-corrected chi connectivity index (χ3v) is 13.6. The number of hydrogen-bond acceptors (Lipinski definition) is 4. The molecular formula is C56H38N2OS. The van der Waals surface area contributed by atoms with Gasteiger partial charge in [-0.25, -0.2) is 4.98 Å². The van der Waals surface area contributed by atoms with E-state index in [9.17, 15) is 0 Å². The van der Waals surface area contributed by atoms with Gasteiger partial charge in [-0.05, 0) is 98.9 Å². The highest BCUT2D eigenvalue weighted by Gasteiger charge is 2.36. The first-order valence-corrected chi connectivity index (χ1v) is 21.3. The van der Waals surface area contributed by atoms with E-state index in [4.69, 9.17) is 9.40 Å². The van der Waals surface area contributed by atoms with Crippen LogP contribution in [0.3, 0.4) is 0 Å². The molecule has 9 aromatic carbocycles. The molecule has 0 spiro atoms. The Bertz CT molecular complexity index is 3450. The Hall–Kier alpha value is -7.27. The molecule has 0 unspecified atom stereocenters. The standard InChI is InChI=1S/C56H38N2OS/c1-56(2)48-20-12-11-19-43(48)44-29-27-41(32-49(44)56)58(40-25-21-36(22-26-40)35-13-5-3-6-14-35)51-33-47-45-28-23-37-15-9-10-18-42(37)54(45)59-52(47)34-46(51)39-24-30-50-53(31-39)60-55(57-50)38-16-7-4-8-17-38/h3-34H,1-2H3. The lowest BCUT2D eigenvalue weighted by molar-refractivity contribution is 0.660. The summed E-state index contributed by atoms with van der Waals surface area (Å²) in [5.74, 6) is 0. The number of furan rings is 1. The molecule has 2 heterocycles. The minimum absolute atomic E-state index is 0.160. The maximum atomic E-state index is 6.88. The second kappa shape index (κ2) is 13.4. The summed E-state index contributed by atoms with van der Waals surface area (Å²) < 4.78 is 8.03. The van der Waals surface area contributed by atoms with Crippen molar-refractivity contribution < 1.29 is 4.42 Å². The van der Waals surface area contributed by atoms with Crippen LogP contribution in [0, 0.1) is 0 Å². The summed E-state index contributed by atoms with van der Waals surface area (Å²) in [6, 6.07) is 70.3. The van der Waals surface area contributed by atoms with Gasteiger partial charge in [-0.2, -0.15) is 0 Å². The van der Waals surface area contributed by atoms with Crippen molar-refractivity contribution in [3.05, 3.63) is 205 Å². The Balaban J connectivity index is 1.12. The van der Waals surface area contributed by atoms with Gasteiger partial charge < -0.3 is 9.32 Å². The SMILES string of the molecule is CC1(C)c2ccccc2-c2ccc(N(c3ccc(-c4ccccc4)cc3)c3cc4c(cc3-c3ccc5nc(-c6ccccc6)sc5c3)oc3c5ccccc5ccc43)cc21. The molecule has 4 heteroatoms. The topological polar surface area (TPSA) is 29.3 Å². The maximum absolute atomic E-state index is 6.88. The van der Waals surface area contributed by atoms with Gasteiger partial charge in [-0.15, -0.1) is 11.3 Å². The highest BCUT2D eigenvalue weighted by Crippen LogP contribution is 2.52. The number of benzene rings is 9. The fourth-order valence-corrected chi connectivity index (χ4v) is 10.5. The quantitative estimate of drug-likeness (QED) is 0.168. The Kier molecular flexibility index (Phi) is 7.75. The van der Waals surface area contributed by atoms with Gasteiger partial charge in [0.25, 0.3) is 0 Å². The van der Waals surface area contributed by atoms with Crippen molar-refractivity contribution in [1.82, 2.24) is 4.98 Å². The number of fused-ring (bicyclic) bond motifs is 9. The van der Waals surface area contributed by atoms with Crippen molar-refractivity contribution >= 4 is 71.3 Å². The number of thiazole rings is 1. The van der Waals surface area contributed by atoms with E-state index in [1.807, 2.05) is 0 Å². The summed E-state index contributed by atoms with van der Waals surface area (Å²) in [6.45, 7) is 4.71. The van der Waals surface area contributed by atoms with Crippen LogP contribution >= 0.6 is 11.3 Å². The summed E-state index contributed by atoms with van der Waals surface area (Å²) in [6.07, 6.45) is 0. The molecule has 3 nitrogen and oxygen atoms in total. The summed E-state index contributed by atoms with van der Waals surface area (Å²) >= 11 is 1.73. The van der Waals surface area contributed by atoms with Crippen LogP contribution in [-0.4, -0.2) is 4.98 Å². The Labute approximate surface area is 352 Å². The summed E-state index contributed by atoms with van der Waals surface area (Å²) in [5, 5.41) is 5.48. The van der Waals surface area contributed by atoms with Crippen LogP contribution in [0.1, 0.15) is 25.0 Å². The zero-order chi connectivity index (χ0) is 40.0. The van der Waals surface area contributed by atoms with Gasteiger partial charge in [-0.3, -0.25) is 0 Å². The van der Waals surface area contributed by atoms with E-state index < -0.39 is 0 Å². The predicted molar refractivity (Wildman–Crippen MR) is 253 cm³/mol. The third kappa shape index (κ3) is 5.45. The summed E-state index contributed by atoms with van der Waals surface area (Å²) in [7, 11) is 0. The Morgan fingerprint density at radius 3 is 2.00 bits per heavy atom. The maximum Gasteiger partial charge on any atom is 0.143 e.